The maximum absolute atomic E-state index is 7.12. The highest BCUT2D eigenvalue weighted by Crippen LogP contribution is 2.58. The largest absolute Gasteiger partial charge is 0.496 e. The number of methoxy groups -OCH3 is 1. The molecule has 0 radical (unpaired) electrons. The minimum Gasteiger partial charge on any atom is -0.496 e. The number of anilines is 1. The Hall–Kier alpha value is -2.76. The number of ether oxygens (including phenoxy) is 3. The summed E-state index contributed by atoms with van der Waals surface area (Å²) in [6.45, 7) is 11.3. The quantitative estimate of drug-likeness (QED) is 0.502. The number of hydrogen-bond donors (Lipinski definition) is 1. The van der Waals surface area contributed by atoms with E-state index in [-0.39, 0.29) is 17.1 Å². The van der Waals surface area contributed by atoms with Crippen molar-refractivity contribution in [3.05, 3.63) is 59.7 Å². The van der Waals surface area contributed by atoms with Gasteiger partial charge in [0.2, 0.25) is 0 Å². The van der Waals surface area contributed by atoms with Gasteiger partial charge < -0.3 is 19.5 Å². The van der Waals surface area contributed by atoms with Gasteiger partial charge in [-0.3, -0.25) is 4.90 Å². The minimum absolute atomic E-state index is 0.0238. The topological polar surface area (TPSA) is 43.0 Å². The second-order valence-electron chi connectivity index (χ2n) is 11.4. The van der Waals surface area contributed by atoms with Crippen LogP contribution in [0.3, 0.4) is 0 Å². The van der Waals surface area contributed by atoms with E-state index in [1.54, 1.807) is 7.11 Å². The van der Waals surface area contributed by atoms with E-state index >= 15 is 0 Å². The van der Waals surface area contributed by atoms with Crippen LogP contribution in [0.5, 0.6) is 11.5 Å². The third-order valence-electron chi connectivity index (χ3n) is 8.36. The normalized spacial score (nSPS) is 26.6. The van der Waals surface area contributed by atoms with Gasteiger partial charge in [-0.05, 0) is 69.4 Å². The van der Waals surface area contributed by atoms with E-state index in [2.05, 4.69) is 67.4 Å². The van der Waals surface area contributed by atoms with Crippen molar-refractivity contribution in [1.82, 2.24) is 4.90 Å². The molecule has 5 heteroatoms. The maximum atomic E-state index is 7.12. The van der Waals surface area contributed by atoms with E-state index in [0.29, 0.717) is 0 Å². The van der Waals surface area contributed by atoms with Crippen LogP contribution in [0.2, 0.25) is 0 Å². The summed E-state index contributed by atoms with van der Waals surface area (Å²) in [5, 5.41) is 3.78. The van der Waals surface area contributed by atoms with Gasteiger partial charge >= 0.3 is 0 Å². The summed E-state index contributed by atoms with van der Waals surface area (Å²) in [5.74, 6) is 1.79. The molecule has 0 amide bonds. The monoisotopic (exact) mass is 486 g/mol. The molecule has 1 N–H and O–H groups in total. The Morgan fingerprint density at radius 2 is 1.92 bits per heavy atom. The molecule has 2 atom stereocenters. The van der Waals surface area contributed by atoms with Gasteiger partial charge in [0.25, 0.3) is 0 Å². The zero-order valence-electron chi connectivity index (χ0n) is 22.0. The second kappa shape index (κ2) is 8.97. The predicted molar refractivity (Wildman–Crippen MR) is 146 cm³/mol. The molecule has 190 valence electrons. The Morgan fingerprint density at radius 1 is 1.08 bits per heavy atom. The van der Waals surface area contributed by atoms with Gasteiger partial charge in [0.1, 0.15) is 17.6 Å². The summed E-state index contributed by atoms with van der Waals surface area (Å²) in [6.07, 6.45) is 10.2. The molecule has 1 saturated heterocycles. The summed E-state index contributed by atoms with van der Waals surface area (Å²) in [4.78, 5) is 2.59. The summed E-state index contributed by atoms with van der Waals surface area (Å²) in [6, 6.07) is 10.7. The summed E-state index contributed by atoms with van der Waals surface area (Å²) in [5.41, 5.74) is 7.30. The SMILES string of the molecule is COc1cccc2c1-c1ccc3c(c1C(C1(CN4CCOCC4)CC=CCC1)O2)C(C)=CC(C)(C)N3. The third kappa shape index (κ3) is 3.93. The van der Waals surface area contributed by atoms with Gasteiger partial charge in [0.05, 0.1) is 31.4 Å². The molecule has 0 saturated carbocycles. The van der Waals surface area contributed by atoms with Crippen LogP contribution < -0.4 is 14.8 Å². The van der Waals surface area contributed by atoms with Crippen molar-refractivity contribution in [2.45, 2.75) is 51.7 Å². The molecule has 0 spiro atoms. The van der Waals surface area contributed by atoms with E-state index in [4.69, 9.17) is 14.2 Å². The Morgan fingerprint density at radius 3 is 2.67 bits per heavy atom. The highest BCUT2D eigenvalue weighted by Gasteiger charge is 2.48. The molecule has 2 aromatic rings. The standard InChI is InChI=1S/C31H38N2O3/c1-21-19-30(2,3)32-23-12-11-22-27-24(34-4)9-8-10-25(27)36-29(28(22)26(21)23)31(13-6-5-7-14-31)20-33-15-17-35-18-16-33/h5-6,8-12,19,29,32H,7,13-18,20H2,1-4H3. The van der Waals surface area contributed by atoms with Crippen LogP contribution in [0.15, 0.2) is 48.6 Å². The van der Waals surface area contributed by atoms with Gasteiger partial charge in [0.15, 0.2) is 0 Å². The number of nitrogens with one attached hydrogen (secondary N) is 1. The number of nitrogens with zero attached hydrogens (tertiary/aromatic N) is 1. The zero-order chi connectivity index (χ0) is 24.9. The predicted octanol–water partition coefficient (Wildman–Crippen LogP) is 6.46. The molecule has 2 unspecified atom stereocenters. The highest BCUT2D eigenvalue weighted by molar-refractivity contribution is 5.91. The van der Waals surface area contributed by atoms with Gasteiger partial charge in [-0.2, -0.15) is 0 Å². The van der Waals surface area contributed by atoms with Gasteiger partial charge in [-0.1, -0.05) is 30.4 Å². The number of hydrogen-bond acceptors (Lipinski definition) is 5. The highest BCUT2D eigenvalue weighted by atomic mass is 16.5. The van der Waals surface area contributed by atoms with Gasteiger partial charge in [-0.15, -0.1) is 0 Å². The summed E-state index contributed by atoms with van der Waals surface area (Å²) < 4.78 is 18.7. The molecule has 2 aromatic carbocycles. The van der Waals surface area contributed by atoms with Crippen LogP contribution in [0.1, 0.15) is 57.3 Å². The second-order valence-corrected chi connectivity index (χ2v) is 11.4. The molecule has 0 aromatic heterocycles. The van der Waals surface area contributed by atoms with Crippen LogP contribution in [-0.4, -0.2) is 50.4 Å². The number of allylic oxidation sites excluding steroid dienone is 3. The molecule has 3 aliphatic heterocycles. The molecule has 4 aliphatic rings. The summed E-state index contributed by atoms with van der Waals surface area (Å²) >= 11 is 0. The Labute approximate surface area is 215 Å². The van der Waals surface area contributed by atoms with Crippen LogP contribution in [0.25, 0.3) is 16.7 Å². The molecule has 3 heterocycles. The molecular weight excluding hydrogens is 448 g/mol. The molecule has 6 rings (SSSR count). The van der Waals surface area contributed by atoms with Crippen molar-refractivity contribution < 1.29 is 14.2 Å². The van der Waals surface area contributed by atoms with E-state index in [0.717, 1.165) is 69.2 Å². The lowest BCUT2D eigenvalue weighted by atomic mass is 9.66. The van der Waals surface area contributed by atoms with Crippen molar-refractivity contribution >= 4 is 11.3 Å². The van der Waals surface area contributed by atoms with Crippen molar-refractivity contribution in [1.29, 1.82) is 0 Å². The average Bonchev–Trinajstić information content (AvgIpc) is 2.87. The first-order valence-electron chi connectivity index (χ1n) is 13.3. The Balaban J connectivity index is 1.57. The first kappa shape index (κ1) is 23.6. The maximum Gasteiger partial charge on any atom is 0.132 e. The van der Waals surface area contributed by atoms with Gasteiger partial charge in [0, 0.05) is 41.9 Å². The number of rotatable bonds is 4. The molecule has 1 aliphatic carbocycles. The Bertz CT molecular complexity index is 1220. The number of fused-ring (bicyclic) bond motifs is 5. The molecule has 5 nitrogen and oxygen atoms in total. The van der Waals surface area contributed by atoms with Crippen molar-refractivity contribution in [2.24, 2.45) is 5.41 Å². The Kier molecular flexibility index (Phi) is 5.88. The molecular formula is C31H38N2O3. The van der Waals surface area contributed by atoms with Crippen molar-refractivity contribution in [3.63, 3.8) is 0 Å². The fourth-order valence-corrected chi connectivity index (χ4v) is 6.88. The fraction of sp³-hybridized carbons (Fsp3) is 0.484. The van der Waals surface area contributed by atoms with Crippen LogP contribution in [-0.2, 0) is 4.74 Å². The summed E-state index contributed by atoms with van der Waals surface area (Å²) in [7, 11) is 1.75. The third-order valence-corrected chi connectivity index (χ3v) is 8.36. The molecule has 36 heavy (non-hydrogen) atoms. The zero-order valence-corrected chi connectivity index (χ0v) is 22.0. The lowest BCUT2D eigenvalue weighted by Crippen LogP contribution is -2.48. The minimum atomic E-state index is -0.0923. The molecule has 0 bridgehead atoms. The van der Waals surface area contributed by atoms with Crippen LogP contribution in [0.4, 0.5) is 5.69 Å². The first-order valence-corrected chi connectivity index (χ1v) is 13.3. The lowest BCUT2D eigenvalue weighted by molar-refractivity contribution is -0.0298. The number of benzene rings is 2. The smallest absolute Gasteiger partial charge is 0.132 e. The molecule has 1 fully saturated rings. The fourth-order valence-electron chi connectivity index (χ4n) is 6.88. The van der Waals surface area contributed by atoms with Crippen molar-refractivity contribution in [3.8, 4) is 22.6 Å². The average molecular weight is 487 g/mol. The lowest BCUT2D eigenvalue weighted by Gasteiger charge is -2.48. The van der Waals surface area contributed by atoms with E-state index in [1.807, 2.05) is 12.1 Å². The van der Waals surface area contributed by atoms with E-state index < -0.39 is 0 Å². The van der Waals surface area contributed by atoms with Crippen LogP contribution >= 0.6 is 0 Å². The van der Waals surface area contributed by atoms with E-state index in [9.17, 15) is 0 Å². The van der Waals surface area contributed by atoms with Crippen LogP contribution in [0, 0.1) is 5.41 Å². The van der Waals surface area contributed by atoms with E-state index in [1.165, 1.54) is 28.0 Å². The van der Waals surface area contributed by atoms with Gasteiger partial charge in [-0.25, -0.2) is 0 Å². The number of morpholine rings is 1. The first-order chi connectivity index (χ1) is 17.4. The van der Waals surface area contributed by atoms with Crippen molar-refractivity contribution in [2.75, 3.05) is 45.3 Å².